The van der Waals surface area contributed by atoms with Crippen molar-refractivity contribution in [2.45, 2.75) is 33.2 Å². The molecule has 0 spiro atoms. The fourth-order valence-electron chi connectivity index (χ4n) is 4.89. The number of fused-ring (bicyclic) bond motifs is 1. The van der Waals surface area contributed by atoms with Crippen molar-refractivity contribution in [1.82, 2.24) is 5.43 Å². The number of non-ortho nitro benzene ring substituents is 2. The zero-order chi connectivity index (χ0) is 22.3. The summed E-state index contributed by atoms with van der Waals surface area (Å²) in [5, 5.41) is 26.6. The molecule has 1 aliphatic heterocycles. The Labute approximate surface area is 180 Å². The molecule has 1 saturated carbocycles. The van der Waals surface area contributed by atoms with E-state index in [-0.39, 0.29) is 28.7 Å². The van der Waals surface area contributed by atoms with Crippen molar-refractivity contribution >= 4 is 23.2 Å². The Hall–Kier alpha value is -3.55. The minimum atomic E-state index is -0.404. The molecule has 2 aromatic carbocycles. The van der Waals surface area contributed by atoms with Gasteiger partial charge >= 0.3 is 0 Å². The normalized spacial score (nSPS) is 25.5. The summed E-state index contributed by atoms with van der Waals surface area (Å²) in [7, 11) is 0. The van der Waals surface area contributed by atoms with Crippen molar-refractivity contribution in [1.29, 1.82) is 0 Å². The van der Waals surface area contributed by atoms with Gasteiger partial charge in [-0.25, -0.2) is 0 Å². The molecular formula is C23H24N4O4. The lowest BCUT2D eigenvalue weighted by Crippen LogP contribution is -2.39. The van der Waals surface area contributed by atoms with Crippen LogP contribution in [-0.4, -0.2) is 15.6 Å². The summed E-state index contributed by atoms with van der Waals surface area (Å²) in [4.78, 5) is 21.1. The lowest BCUT2D eigenvalue weighted by molar-refractivity contribution is -0.385. The highest BCUT2D eigenvalue weighted by molar-refractivity contribution is 6.08. The highest BCUT2D eigenvalue weighted by atomic mass is 16.6. The van der Waals surface area contributed by atoms with Gasteiger partial charge in [0.1, 0.15) is 0 Å². The second-order valence-corrected chi connectivity index (χ2v) is 8.95. The van der Waals surface area contributed by atoms with Gasteiger partial charge in [-0.2, -0.15) is 5.10 Å². The molecule has 31 heavy (non-hydrogen) atoms. The number of hydrogen-bond acceptors (Lipinski definition) is 6. The third-order valence-electron chi connectivity index (χ3n) is 6.33. The van der Waals surface area contributed by atoms with Gasteiger partial charge in [0.15, 0.2) is 0 Å². The molecule has 2 aliphatic rings. The second-order valence-electron chi connectivity index (χ2n) is 8.95. The van der Waals surface area contributed by atoms with Crippen molar-refractivity contribution in [3.63, 3.8) is 0 Å². The van der Waals surface area contributed by atoms with Crippen LogP contribution in [0.3, 0.4) is 0 Å². The van der Waals surface area contributed by atoms with Crippen molar-refractivity contribution in [2.75, 3.05) is 0 Å². The summed E-state index contributed by atoms with van der Waals surface area (Å²) < 4.78 is 0. The van der Waals surface area contributed by atoms with E-state index in [0.29, 0.717) is 5.92 Å². The first kappa shape index (κ1) is 20.7. The molecule has 160 valence electrons. The van der Waals surface area contributed by atoms with Crippen LogP contribution >= 0.6 is 0 Å². The van der Waals surface area contributed by atoms with Gasteiger partial charge in [-0.1, -0.05) is 32.9 Å². The number of hydrazone groups is 1. The summed E-state index contributed by atoms with van der Waals surface area (Å²) in [6.45, 7) is 6.60. The molecule has 0 unspecified atom stereocenters. The van der Waals surface area contributed by atoms with Crippen LogP contribution in [0.2, 0.25) is 0 Å². The van der Waals surface area contributed by atoms with E-state index in [9.17, 15) is 20.2 Å². The summed E-state index contributed by atoms with van der Waals surface area (Å²) in [5.41, 5.74) is 7.25. The molecule has 1 fully saturated rings. The van der Waals surface area contributed by atoms with E-state index in [2.05, 4.69) is 32.3 Å². The molecule has 0 saturated heterocycles. The van der Waals surface area contributed by atoms with Crippen LogP contribution in [0.15, 0.2) is 59.2 Å². The zero-order valence-corrected chi connectivity index (χ0v) is 17.6. The lowest BCUT2D eigenvalue weighted by Gasteiger charge is -2.42. The quantitative estimate of drug-likeness (QED) is 0.535. The Kier molecular flexibility index (Phi) is 5.08. The van der Waals surface area contributed by atoms with Crippen LogP contribution < -0.4 is 5.43 Å². The van der Waals surface area contributed by atoms with Gasteiger partial charge in [-0.15, -0.1) is 0 Å². The standard InChI is InChI=1S/C23H24N4O4/c1-14-13-23(2,3)19(12-15-4-8-17(9-5-15)26(28)29)22-20(14)21(24-25-22)16-6-10-18(11-7-16)27(30)31/h4-12,14,20-21,24H,13H2,1-3H3/b19-12-/t14-,20+,21-/m1/s1. The number of nitro benzene ring substituents is 2. The number of nitro groups is 2. The van der Waals surface area contributed by atoms with Gasteiger partial charge in [0.25, 0.3) is 11.4 Å². The average Bonchev–Trinajstić information content (AvgIpc) is 3.16. The molecule has 0 bridgehead atoms. The monoisotopic (exact) mass is 420 g/mol. The molecule has 8 nitrogen and oxygen atoms in total. The van der Waals surface area contributed by atoms with Crippen LogP contribution in [0.25, 0.3) is 6.08 Å². The van der Waals surface area contributed by atoms with E-state index in [1.807, 2.05) is 0 Å². The van der Waals surface area contributed by atoms with Crippen molar-refractivity contribution in [2.24, 2.45) is 22.4 Å². The number of allylic oxidation sites excluding steroid dienone is 1. The van der Waals surface area contributed by atoms with Crippen LogP contribution in [0.4, 0.5) is 11.4 Å². The van der Waals surface area contributed by atoms with Crippen LogP contribution in [0.1, 0.15) is 44.4 Å². The molecule has 0 amide bonds. The first-order valence-electron chi connectivity index (χ1n) is 10.2. The summed E-state index contributed by atoms with van der Waals surface area (Å²) in [6.07, 6.45) is 3.03. The SMILES string of the molecule is C[C@@H]1CC(C)(C)/C(=C\c2ccc([N+](=O)[O-])cc2)C2=NN[C@H](c3ccc([N+](=O)[O-])cc3)[C@@H]21. The molecule has 3 atom stereocenters. The van der Waals surface area contributed by atoms with Crippen molar-refractivity contribution in [3.05, 3.63) is 85.5 Å². The second kappa shape index (κ2) is 7.61. The summed E-state index contributed by atoms with van der Waals surface area (Å²) in [6, 6.07) is 13.1. The van der Waals surface area contributed by atoms with E-state index in [1.165, 1.54) is 24.3 Å². The average molecular weight is 420 g/mol. The summed E-state index contributed by atoms with van der Waals surface area (Å²) in [5.74, 6) is 0.497. The summed E-state index contributed by atoms with van der Waals surface area (Å²) >= 11 is 0. The van der Waals surface area contributed by atoms with Gasteiger partial charge in [-0.3, -0.25) is 20.2 Å². The highest BCUT2D eigenvalue weighted by Crippen LogP contribution is 2.50. The molecule has 1 aliphatic carbocycles. The Morgan fingerprint density at radius 1 is 1.00 bits per heavy atom. The van der Waals surface area contributed by atoms with Gasteiger partial charge in [-0.05, 0) is 52.7 Å². The topological polar surface area (TPSA) is 111 Å². The Morgan fingerprint density at radius 2 is 1.55 bits per heavy atom. The molecule has 8 heteroatoms. The third-order valence-corrected chi connectivity index (χ3v) is 6.33. The van der Waals surface area contributed by atoms with E-state index >= 15 is 0 Å². The molecule has 0 radical (unpaired) electrons. The fraction of sp³-hybridized carbons (Fsp3) is 0.348. The number of nitrogens with one attached hydrogen (secondary N) is 1. The maximum atomic E-state index is 11.0. The molecule has 2 aromatic rings. The Morgan fingerprint density at radius 3 is 2.10 bits per heavy atom. The Bertz CT molecular complexity index is 1090. The molecule has 0 aromatic heterocycles. The first-order chi connectivity index (χ1) is 14.7. The van der Waals surface area contributed by atoms with Gasteiger partial charge in [0.05, 0.1) is 21.6 Å². The van der Waals surface area contributed by atoms with Crippen LogP contribution in [0.5, 0.6) is 0 Å². The van der Waals surface area contributed by atoms with E-state index in [1.54, 1.807) is 24.3 Å². The predicted octanol–water partition coefficient (Wildman–Crippen LogP) is 5.27. The van der Waals surface area contributed by atoms with Gasteiger partial charge in [0, 0.05) is 30.2 Å². The smallest absolute Gasteiger partial charge is 0.269 e. The van der Waals surface area contributed by atoms with Crippen LogP contribution in [-0.2, 0) is 0 Å². The third kappa shape index (κ3) is 3.81. The van der Waals surface area contributed by atoms with Gasteiger partial charge in [0.2, 0.25) is 0 Å². The van der Waals surface area contributed by atoms with Crippen molar-refractivity contribution < 1.29 is 9.85 Å². The minimum absolute atomic E-state index is 0.0536. The maximum absolute atomic E-state index is 11.0. The maximum Gasteiger partial charge on any atom is 0.269 e. The largest absolute Gasteiger partial charge is 0.302 e. The van der Waals surface area contributed by atoms with Crippen LogP contribution in [0, 0.1) is 37.5 Å². The minimum Gasteiger partial charge on any atom is -0.302 e. The predicted molar refractivity (Wildman–Crippen MR) is 119 cm³/mol. The Balaban J connectivity index is 1.68. The first-order valence-corrected chi connectivity index (χ1v) is 10.2. The molecule has 4 rings (SSSR count). The molecule has 1 heterocycles. The zero-order valence-electron chi connectivity index (χ0n) is 17.6. The van der Waals surface area contributed by atoms with Gasteiger partial charge < -0.3 is 5.43 Å². The highest BCUT2D eigenvalue weighted by Gasteiger charge is 2.47. The van der Waals surface area contributed by atoms with E-state index in [0.717, 1.165) is 28.8 Å². The van der Waals surface area contributed by atoms with Crippen molar-refractivity contribution in [3.8, 4) is 0 Å². The number of hydrogen-bond donors (Lipinski definition) is 1. The number of benzene rings is 2. The van der Waals surface area contributed by atoms with E-state index < -0.39 is 9.85 Å². The number of nitrogens with zero attached hydrogens (tertiary/aromatic N) is 3. The number of rotatable bonds is 4. The van der Waals surface area contributed by atoms with E-state index in [4.69, 9.17) is 5.10 Å². The molecular weight excluding hydrogens is 396 g/mol. The fourth-order valence-corrected chi connectivity index (χ4v) is 4.89. The molecule has 1 N–H and O–H groups in total. The lowest BCUT2D eigenvalue weighted by atomic mass is 9.61.